The zero-order chi connectivity index (χ0) is 7.40. The second-order valence-electron chi connectivity index (χ2n) is 1.66. The van der Waals surface area contributed by atoms with E-state index in [1.165, 1.54) is 0 Å². The van der Waals surface area contributed by atoms with Gasteiger partial charge in [0.05, 0.1) is 0 Å². The maximum absolute atomic E-state index is 8.59. The topological polar surface area (TPSA) is 36.7 Å². The number of aromatic nitrogens is 1. The van der Waals surface area contributed by atoms with Crippen molar-refractivity contribution in [1.29, 1.82) is 5.26 Å². The zero-order valence-electron chi connectivity index (χ0n) is 5.50. The van der Waals surface area contributed by atoms with Crippen LogP contribution in [0.4, 0.5) is 0 Å². The van der Waals surface area contributed by atoms with Crippen LogP contribution in [0.3, 0.4) is 0 Å². The van der Waals surface area contributed by atoms with E-state index < -0.39 is 0 Å². The summed E-state index contributed by atoms with van der Waals surface area (Å²) >= 11 is -0.00372. The summed E-state index contributed by atoms with van der Waals surface area (Å²) < 4.78 is 1.13. The quantitative estimate of drug-likeness (QED) is 0.417. The summed E-state index contributed by atoms with van der Waals surface area (Å²) in [4.78, 5) is 6.06. The summed E-state index contributed by atoms with van der Waals surface area (Å²) in [6.45, 7) is 0. The third kappa shape index (κ3) is 1.45. The number of rotatable bonds is 1. The number of hydrogen-bond donors (Lipinski definition) is 0. The predicted octanol–water partition coefficient (Wildman–Crippen LogP) is -2.16. The molecule has 52 valence electrons. The first-order chi connectivity index (χ1) is 4.88. The summed E-state index contributed by atoms with van der Waals surface area (Å²) in [6.07, 6.45) is 3.44. The third-order valence-electron chi connectivity index (χ3n) is 1.10. The van der Waals surface area contributed by atoms with Gasteiger partial charge in [-0.3, -0.25) is 0 Å². The monoisotopic (exact) mass is 245 g/mol. The molecule has 0 unspecified atom stereocenters. The molecule has 0 N–H and O–H groups in total. The molecule has 0 atom stereocenters. The van der Waals surface area contributed by atoms with Crippen molar-refractivity contribution in [1.82, 2.24) is 4.98 Å². The van der Waals surface area contributed by atoms with Gasteiger partial charge in [-0.1, -0.05) is 0 Å². The second kappa shape index (κ2) is 3.52. The first kappa shape index (κ1) is 7.48. The van der Waals surface area contributed by atoms with Gasteiger partial charge in [0, 0.05) is 0 Å². The Bertz CT molecular complexity index is 265. The number of pyridine rings is 1. The third-order valence-corrected chi connectivity index (χ3v) is 3.12. The number of halogens is 1. The summed E-state index contributed by atoms with van der Waals surface area (Å²) in [6, 6.07) is 3.90. The fourth-order valence-corrected chi connectivity index (χ4v) is 1.94. The van der Waals surface area contributed by atoms with Crippen molar-refractivity contribution in [2.45, 2.75) is 0 Å². The van der Waals surface area contributed by atoms with Gasteiger partial charge in [0.2, 0.25) is 0 Å². The summed E-state index contributed by atoms with van der Waals surface area (Å²) in [5.41, 5.74) is 0.783. The fraction of sp³-hybridized carbons (Fsp3) is 0.143. The van der Waals surface area contributed by atoms with Gasteiger partial charge in [-0.05, 0) is 0 Å². The fourth-order valence-electron chi connectivity index (χ4n) is 0.616. The van der Waals surface area contributed by atoms with Crippen molar-refractivity contribution < 1.29 is 21.2 Å². The van der Waals surface area contributed by atoms with Gasteiger partial charge in [-0.2, -0.15) is 0 Å². The van der Waals surface area contributed by atoms with E-state index in [-0.39, 0.29) is 21.2 Å². The molecule has 1 heterocycles. The molecule has 0 fully saturated rings. The van der Waals surface area contributed by atoms with Crippen molar-refractivity contribution in [3.63, 3.8) is 0 Å². The van der Waals surface area contributed by atoms with Crippen molar-refractivity contribution in [2.24, 2.45) is 0 Å². The van der Waals surface area contributed by atoms with Crippen LogP contribution in [0, 0.1) is 14.9 Å². The van der Waals surface area contributed by atoms with Crippen LogP contribution in [0.1, 0.15) is 5.56 Å². The van der Waals surface area contributed by atoms with Crippen molar-refractivity contribution in [2.75, 3.05) is 4.93 Å². The van der Waals surface area contributed by atoms with E-state index in [2.05, 4.69) is 16.0 Å². The molecule has 0 radical (unpaired) electrons. The average molecular weight is 245 g/mol. The Hall–Kier alpha value is -0.630. The standard InChI is InChI=1S/C7H6IN2/c1-8-7-5-10-3-2-6(7)4-9/h2-3,5H,1H3/q-1. The van der Waals surface area contributed by atoms with Crippen LogP contribution in [0.2, 0.25) is 0 Å². The molecule has 1 aromatic heterocycles. The summed E-state index contributed by atoms with van der Waals surface area (Å²) in [5.74, 6) is 0. The molecule has 2 nitrogen and oxygen atoms in total. The normalized spacial score (nSPS) is 9.20. The molecule has 0 amide bonds. The minimum atomic E-state index is -0.00372. The molecule has 0 aliphatic heterocycles. The predicted molar refractivity (Wildman–Crippen MR) is 33.6 cm³/mol. The molecule has 0 bridgehead atoms. The molecule has 0 aromatic carbocycles. The Balaban J connectivity index is 3.12. The van der Waals surface area contributed by atoms with Crippen LogP contribution >= 0.6 is 0 Å². The first-order valence-electron chi connectivity index (χ1n) is 2.72. The first-order valence-corrected chi connectivity index (χ1v) is 5.95. The molecule has 0 saturated carbocycles. The van der Waals surface area contributed by atoms with E-state index in [0.717, 1.165) is 9.13 Å². The van der Waals surface area contributed by atoms with Gasteiger partial charge in [-0.25, -0.2) is 0 Å². The van der Waals surface area contributed by atoms with Crippen molar-refractivity contribution in [3.05, 3.63) is 27.6 Å². The van der Waals surface area contributed by atoms with Crippen LogP contribution in [-0.2, 0) is 0 Å². The number of alkyl halides is 1. The van der Waals surface area contributed by atoms with Crippen molar-refractivity contribution >= 4 is 0 Å². The SMILES string of the molecule is C[I-]c1cnccc1C#N. The molecular formula is C7H6IN2-. The number of hydrogen-bond acceptors (Lipinski definition) is 2. The van der Waals surface area contributed by atoms with Gasteiger partial charge in [0.25, 0.3) is 0 Å². The van der Waals surface area contributed by atoms with E-state index in [4.69, 9.17) is 5.26 Å². The summed E-state index contributed by atoms with van der Waals surface area (Å²) in [5, 5.41) is 8.59. The van der Waals surface area contributed by atoms with Crippen LogP contribution < -0.4 is 21.2 Å². The van der Waals surface area contributed by atoms with Gasteiger partial charge < -0.3 is 0 Å². The van der Waals surface area contributed by atoms with Gasteiger partial charge in [0.1, 0.15) is 0 Å². The average Bonchev–Trinajstić information content (AvgIpc) is 2.04. The van der Waals surface area contributed by atoms with Crippen LogP contribution in [0.15, 0.2) is 18.5 Å². The Morgan fingerprint density at radius 1 is 1.70 bits per heavy atom. The van der Waals surface area contributed by atoms with Gasteiger partial charge in [0.15, 0.2) is 0 Å². The maximum atomic E-state index is 8.59. The molecule has 0 aliphatic rings. The van der Waals surface area contributed by atoms with E-state index in [1.54, 1.807) is 18.5 Å². The number of nitrogens with zero attached hydrogens (tertiary/aromatic N) is 2. The van der Waals surface area contributed by atoms with E-state index in [9.17, 15) is 0 Å². The molecule has 0 aliphatic carbocycles. The molecule has 10 heavy (non-hydrogen) atoms. The van der Waals surface area contributed by atoms with E-state index >= 15 is 0 Å². The Kier molecular flexibility index (Phi) is 2.63. The Labute approximate surface area is 70.2 Å². The van der Waals surface area contributed by atoms with Gasteiger partial charge >= 0.3 is 70.0 Å². The molecule has 1 aromatic rings. The van der Waals surface area contributed by atoms with Crippen LogP contribution in [0.25, 0.3) is 0 Å². The van der Waals surface area contributed by atoms with Crippen LogP contribution in [-0.4, -0.2) is 9.91 Å². The van der Waals surface area contributed by atoms with E-state index in [1.807, 2.05) is 0 Å². The minimum absolute atomic E-state index is 0.00372. The van der Waals surface area contributed by atoms with Gasteiger partial charge in [-0.15, -0.1) is 0 Å². The number of nitriles is 1. The second-order valence-corrected chi connectivity index (χ2v) is 3.90. The van der Waals surface area contributed by atoms with Crippen molar-refractivity contribution in [3.8, 4) is 6.07 Å². The molecule has 1 rings (SSSR count). The Morgan fingerprint density at radius 2 is 2.50 bits per heavy atom. The molecule has 3 heteroatoms. The van der Waals surface area contributed by atoms with Crippen LogP contribution in [0.5, 0.6) is 0 Å². The molecular weight excluding hydrogens is 239 g/mol. The Morgan fingerprint density at radius 3 is 3.00 bits per heavy atom. The summed E-state index contributed by atoms with van der Waals surface area (Å²) in [7, 11) is 0. The molecule has 0 saturated heterocycles. The molecule has 0 spiro atoms. The van der Waals surface area contributed by atoms with E-state index in [0.29, 0.717) is 0 Å². The zero-order valence-corrected chi connectivity index (χ0v) is 7.66.